The van der Waals surface area contributed by atoms with Crippen molar-refractivity contribution in [2.45, 2.75) is 39.5 Å². The standard InChI is InChI=1S/C23H21N5O2/c1-12-3-6-19(29)13(2)21(12)17-7-15-10-25-20(27-23(30)14-4-5-14)8-18(15)28-16(9-24)11-26-22(17)28/h7-8,10-11,14,29H,3-6H2,1-2H3,(H,25,27,30). The highest BCUT2D eigenvalue weighted by Crippen LogP contribution is 2.39. The Balaban J connectivity index is 1.75. The van der Waals surface area contributed by atoms with Crippen molar-refractivity contribution in [3.05, 3.63) is 52.7 Å². The molecule has 0 spiro atoms. The maximum absolute atomic E-state index is 12.2. The number of nitriles is 1. The summed E-state index contributed by atoms with van der Waals surface area (Å²) in [4.78, 5) is 21.1. The molecule has 3 aromatic heterocycles. The van der Waals surface area contributed by atoms with E-state index in [0.717, 1.165) is 46.9 Å². The van der Waals surface area contributed by atoms with Crippen LogP contribution in [0.2, 0.25) is 0 Å². The van der Waals surface area contributed by atoms with Crippen LogP contribution in [0.25, 0.3) is 22.1 Å². The lowest BCUT2D eigenvalue weighted by Gasteiger charge is -2.21. The Bertz CT molecular complexity index is 1340. The number of allylic oxidation sites excluding steroid dienone is 4. The summed E-state index contributed by atoms with van der Waals surface area (Å²) in [5.41, 5.74) is 5.64. The zero-order valence-corrected chi connectivity index (χ0v) is 16.9. The van der Waals surface area contributed by atoms with Gasteiger partial charge in [-0.2, -0.15) is 5.26 Å². The topological polar surface area (TPSA) is 103 Å². The van der Waals surface area contributed by atoms with Crippen LogP contribution in [0, 0.1) is 17.2 Å². The van der Waals surface area contributed by atoms with Gasteiger partial charge in [0.05, 0.1) is 17.5 Å². The number of aromatic nitrogens is 3. The number of pyridine rings is 2. The number of hydrogen-bond acceptors (Lipinski definition) is 5. The predicted molar refractivity (Wildman–Crippen MR) is 114 cm³/mol. The van der Waals surface area contributed by atoms with E-state index in [1.54, 1.807) is 22.9 Å². The van der Waals surface area contributed by atoms with Gasteiger partial charge in [-0.25, -0.2) is 9.97 Å². The molecule has 1 fully saturated rings. The van der Waals surface area contributed by atoms with Crippen molar-refractivity contribution in [3.8, 4) is 6.07 Å². The molecule has 2 aliphatic rings. The third kappa shape index (κ3) is 2.84. The first-order chi connectivity index (χ1) is 14.5. The van der Waals surface area contributed by atoms with E-state index in [4.69, 9.17) is 0 Å². The van der Waals surface area contributed by atoms with Gasteiger partial charge in [0.2, 0.25) is 5.91 Å². The molecule has 2 aliphatic carbocycles. The molecule has 0 bridgehead atoms. The molecule has 7 heteroatoms. The van der Waals surface area contributed by atoms with E-state index in [9.17, 15) is 15.2 Å². The van der Waals surface area contributed by atoms with Crippen LogP contribution in [0.4, 0.5) is 5.82 Å². The van der Waals surface area contributed by atoms with Crippen LogP contribution in [0.15, 0.2) is 41.4 Å². The summed E-state index contributed by atoms with van der Waals surface area (Å²) in [6.45, 7) is 3.98. The Kier molecular flexibility index (Phi) is 4.10. The van der Waals surface area contributed by atoms with Crippen molar-refractivity contribution < 1.29 is 9.90 Å². The number of rotatable bonds is 3. The molecule has 7 nitrogen and oxygen atoms in total. The summed E-state index contributed by atoms with van der Waals surface area (Å²) in [5, 5.41) is 23.7. The average molecular weight is 399 g/mol. The van der Waals surface area contributed by atoms with Crippen LogP contribution >= 0.6 is 0 Å². The van der Waals surface area contributed by atoms with Crippen LogP contribution in [-0.4, -0.2) is 25.4 Å². The molecule has 3 aromatic rings. The van der Waals surface area contributed by atoms with E-state index in [2.05, 4.69) is 28.3 Å². The van der Waals surface area contributed by atoms with E-state index in [-0.39, 0.29) is 11.8 Å². The molecule has 3 heterocycles. The number of fused-ring (bicyclic) bond motifs is 3. The maximum Gasteiger partial charge on any atom is 0.228 e. The van der Waals surface area contributed by atoms with E-state index in [1.807, 2.05) is 13.0 Å². The van der Waals surface area contributed by atoms with Gasteiger partial charge < -0.3 is 10.4 Å². The van der Waals surface area contributed by atoms with Crippen molar-refractivity contribution >= 4 is 33.8 Å². The van der Waals surface area contributed by atoms with Gasteiger partial charge in [0.25, 0.3) is 0 Å². The number of carbonyl (C=O) groups is 1. The molecule has 1 saturated carbocycles. The van der Waals surface area contributed by atoms with Crippen LogP contribution in [0.5, 0.6) is 0 Å². The minimum atomic E-state index is -0.0138. The molecule has 5 rings (SSSR count). The quantitative estimate of drug-likeness (QED) is 0.675. The fourth-order valence-electron chi connectivity index (χ4n) is 4.19. The molecule has 0 aliphatic heterocycles. The van der Waals surface area contributed by atoms with Crippen LogP contribution in [0.3, 0.4) is 0 Å². The fraction of sp³-hybridized carbons (Fsp3) is 0.304. The second-order valence-corrected chi connectivity index (χ2v) is 8.09. The number of carbonyl (C=O) groups excluding carboxylic acids is 1. The average Bonchev–Trinajstić information content (AvgIpc) is 3.50. The number of nitrogens with one attached hydrogen (secondary N) is 1. The first-order valence-electron chi connectivity index (χ1n) is 10.1. The van der Waals surface area contributed by atoms with Gasteiger partial charge in [-0.05, 0) is 50.3 Å². The Labute approximate surface area is 173 Å². The summed E-state index contributed by atoms with van der Waals surface area (Å²) >= 11 is 0. The summed E-state index contributed by atoms with van der Waals surface area (Å²) < 4.78 is 1.80. The molecule has 0 unspecified atom stereocenters. The maximum atomic E-state index is 12.2. The molecule has 0 saturated heterocycles. The molecule has 0 radical (unpaired) electrons. The second-order valence-electron chi connectivity index (χ2n) is 8.09. The van der Waals surface area contributed by atoms with Gasteiger partial charge in [0, 0.05) is 35.6 Å². The van der Waals surface area contributed by atoms with Crippen molar-refractivity contribution in [1.82, 2.24) is 14.4 Å². The fourth-order valence-corrected chi connectivity index (χ4v) is 4.19. The first-order valence-corrected chi connectivity index (χ1v) is 10.1. The minimum absolute atomic E-state index is 0.0138. The third-order valence-corrected chi connectivity index (χ3v) is 6.01. The molecule has 30 heavy (non-hydrogen) atoms. The monoisotopic (exact) mass is 399 g/mol. The van der Waals surface area contributed by atoms with E-state index < -0.39 is 0 Å². The molecule has 0 aromatic carbocycles. The first kappa shape index (κ1) is 18.4. The van der Waals surface area contributed by atoms with Crippen molar-refractivity contribution in [3.63, 3.8) is 0 Å². The van der Waals surface area contributed by atoms with Crippen LogP contribution < -0.4 is 5.32 Å². The molecular formula is C23H21N5O2. The number of imidazole rings is 1. The summed E-state index contributed by atoms with van der Waals surface area (Å²) in [6, 6.07) is 6.00. The second kappa shape index (κ2) is 6.70. The molecule has 150 valence electrons. The van der Waals surface area contributed by atoms with Gasteiger partial charge in [-0.1, -0.05) is 5.57 Å². The van der Waals surface area contributed by atoms with E-state index in [1.165, 1.54) is 5.57 Å². The summed E-state index contributed by atoms with van der Waals surface area (Å²) in [5.74, 6) is 0.918. The summed E-state index contributed by atoms with van der Waals surface area (Å²) in [6.07, 6.45) is 6.51. The lowest BCUT2D eigenvalue weighted by Crippen LogP contribution is -2.14. The largest absolute Gasteiger partial charge is 0.512 e. The third-order valence-electron chi connectivity index (χ3n) is 6.01. The zero-order valence-electron chi connectivity index (χ0n) is 16.9. The van der Waals surface area contributed by atoms with Gasteiger partial charge in [-0.15, -0.1) is 0 Å². The smallest absolute Gasteiger partial charge is 0.228 e. The van der Waals surface area contributed by atoms with E-state index in [0.29, 0.717) is 29.3 Å². The highest BCUT2D eigenvalue weighted by molar-refractivity contribution is 5.98. The zero-order chi connectivity index (χ0) is 21.0. The molecule has 1 amide bonds. The van der Waals surface area contributed by atoms with Gasteiger partial charge >= 0.3 is 0 Å². The Morgan fingerprint density at radius 3 is 2.77 bits per heavy atom. The minimum Gasteiger partial charge on any atom is -0.512 e. The molecular weight excluding hydrogens is 378 g/mol. The lowest BCUT2D eigenvalue weighted by molar-refractivity contribution is -0.117. The van der Waals surface area contributed by atoms with Crippen molar-refractivity contribution in [2.75, 3.05) is 5.32 Å². The SMILES string of the molecule is CC1=C(c2cc3cnc(NC(=O)C4CC4)cc3n3c(C#N)cnc23)C(C)=C(O)CC1. The van der Waals surface area contributed by atoms with Gasteiger partial charge in [0.15, 0.2) is 0 Å². The Morgan fingerprint density at radius 1 is 1.23 bits per heavy atom. The predicted octanol–water partition coefficient (Wildman–Crippen LogP) is 4.50. The number of nitrogens with zero attached hydrogens (tertiary/aromatic N) is 4. The lowest BCUT2D eigenvalue weighted by atomic mass is 9.86. The highest BCUT2D eigenvalue weighted by Gasteiger charge is 2.30. The molecule has 2 N–H and O–H groups in total. The number of anilines is 1. The van der Waals surface area contributed by atoms with Crippen LogP contribution in [0.1, 0.15) is 50.8 Å². The molecule has 0 atom stereocenters. The number of aliphatic hydroxyl groups is 1. The van der Waals surface area contributed by atoms with Crippen LogP contribution in [-0.2, 0) is 4.79 Å². The van der Waals surface area contributed by atoms with E-state index >= 15 is 0 Å². The van der Waals surface area contributed by atoms with Gasteiger partial charge in [0.1, 0.15) is 23.2 Å². The number of hydrogen-bond donors (Lipinski definition) is 2. The number of aliphatic hydroxyl groups excluding tert-OH is 1. The van der Waals surface area contributed by atoms with Gasteiger partial charge in [-0.3, -0.25) is 9.20 Å². The number of amides is 1. The van der Waals surface area contributed by atoms with Crippen molar-refractivity contribution in [1.29, 1.82) is 5.26 Å². The Morgan fingerprint density at radius 2 is 2.03 bits per heavy atom. The Hall–Kier alpha value is -3.66. The normalized spacial score (nSPS) is 17.0. The van der Waals surface area contributed by atoms with Crippen molar-refractivity contribution in [2.24, 2.45) is 5.92 Å². The highest BCUT2D eigenvalue weighted by atomic mass is 16.3. The summed E-state index contributed by atoms with van der Waals surface area (Å²) in [7, 11) is 0.